The largest absolute Gasteiger partial charge is 0.253 e. The summed E-state index contributed by atoms with van der Waals surface area (Å²) in [6.45, 7) is 6.65. The second-order valence-corrected chi connectivity index (χ2v) is 12.4. The number of fused-ring (bicyclic) bond motifs is 3. The molecule has 7 aromatic rings. The van der Waals surface area contributed by atoms with E-state index >= 15 is 0 Å². The summed E-state index contributed by atoms with van der Waals surface area (Å²) >= 11 is 0. The average molecular weight is 593 g/mol. The molecule has 220 valence electrons. The van der Waals surface area contributed by atoms with Gasteiger partial charge in [-0.1, -0.05) is 117 Å². The fourth-order valence-corrected chi connectivity index (χ4v) is 6.61. The van der Waals surface area contributed by atoms with Crippen LogP contribution in [0, 0.1) is 6.92 Å². The van der Waals surface area contributed by atoms with E-state index in [1.165, 1.54) is 22.3 Å². The maximum Gasteiger partial charge on any atom is 0.164 e. The van der Waals surface area contributed by atoms with Crippen LogP contribution < -0.4 is 0 Å². The van der Waals surface area contributed by atoms with Gasteiger partial charge in [-0.25, -0.2) is 15.0 Å². The number of hydrogen-bond acceptors (Lipinski definition) is 4. The predicted molar refractivity (Wildman–Crippen MR) is 187 cm³/mol. The normalized spacial score (nSPS) is 12.8. The fraction of sp³-hybridized carbons (Fsp3) is 0.0952. The molecule has 0 saturated heterocycles. The molecule has 4 nitrogen and oxygen atoms in total. The van der Waals surface area contributed by atoms with E-state index < -0.39 is 0 Å². The Labute approximate surface area is 269 Å². The summed E-state index contributed by atoms with van der Waals surface area (Å²) in [7, 11) is 0. The van der Waals surface area contributed by atoms with E-state index in [0.29, 0.717) is 17.5 Å². The zero-order valence-corrected chi connectivity index (χ0v) is 26.1. The topological polar surface area (TPSA) is 51.6 Å². The first-order valence-electron chi connectivity index (χ1n) is 15.7. The molecule has 0 N–H and O–H groups in total. The summed E-state index contributed by atoms with van der Waals surface area (Å²) in [5.74, 6) is 1.90. The Morgan fingerprint density at radius 3 is 1.63 bits per heavy atom. The molecule has 1 aliphatic carbocycles. The zero-order valence-electron chi connectivity index (χ0n) is 26.1. The van der Waals surface area contributed by atoms with E-state index in [1.54, 1.807) is 0 Å². The molecular formula is C42H32N4. The van der Waals surface area contributed by atoms with Crippen molar-refractivity contribution in [3.8, 4) is 67.7 Å². The lowest BCUT2D eigenvalue weighted by Gasteiger charge is -2.21. The number of aryl methyl sites for hydroxylation is 1. The third kappa shape index (κ3) is 4.89. The molecule has 1 aliphatic rings. The van der Waals surface area contributed by atoms with E-state index in [2.05, 4.69) is 86.6 Å². The lowest BCUT2D eigenvalue weighted by Crippen LogP contribution is -2.14. The Bertz CT molecular complexity index is 2180. The van der Waals surface area contributed by atoms with E-state index in [0.717, 1.165) is 44.8 Å². The van der Waals surface area contributed by atoms with Crippen molar-refractivity contribution in [2.45, 2.75) is 26.2 Å². The third-order valence-electron chi connectivity index (χ3n) is 8.99. The number of rotatable bonds is 5. The summed E-state index contributed by atoms with van der Waals surface area (Å²) < 4.78 is 0. The van der Waals surface area contributed by atoms with Crippen molar-refractivity contribution in [1.82, 2.24) is 19.9 Å². The number of benzene rings is 5. The Kier molecular flexibility index (Phi) is 6.65. The summed E-state index contributed by atoms with van der Waals surface area (Å²) in [4.78, 5) is 19.9. The van der Waals surface area contributed by atoms with Crippen molar-refractivity contribution in [2.24, 2.45) is 0 Å². The van der Waals surface area contributed by atoms with Crippen LogP contribution in [0.5, 0.6) is 0 Å². The molecule has 0 aliphatic heterocycles. The Balaban J connectivity index is 1.35. The van der Waals surface area contributed by atoms with Gasteiger partial charge in [-0.2, -0.15) is 0 Å². The summed E-state index contributed by atoms with van der Waals surface area (Å²) in [5, 5.41) is 0. The zero-order chi connectivity index (χ0) is 31.3. The van der Waals surface area contributed by atoms with Crippen LogP contribution >= 0.6 is 0 Å². The van der Waals surface area contributed by atoms with Crippen molar-refractivity contribution in [1.29, 1.82) is 0 Å². The minimum Gasteiger partial charge on any atom is -0.253 e. The maximum absolute atomic E-state index is 5.05. The molecule has 0 spiro atoms. The van der Waals surface area contributed by atoms with Crippen molar-refractivity contribution in [2.75, 3.05) is 0 Å². The fourth-order valence-electron chi connectivity index (χ4n) is 6.61. The minimum atomic E-state index is -0.0461. The van der Waals surface area contributed by atoms with Crippen molar-refractivity contribution < 1.29 is 0 Å². The number of hydrogen-bond donors (Lipinski definition) is 0. The van der Waals surface area contributed by atoms with E-state index in [-0.39, 0.29) is 5.41 Å². The maximum atomic E-state index is 5.05. The van der Waals surface area contributed by atoms with Gasteiger partial charge in [-0.15, -0.1) is 0 Å². The van der Waals surface area contributed by atoms with Gasteiger partial charge in [0.15, 0.2) is 17.5 Å². The molecule has 0 amide bonds. The summed E-state index contributed by atoms with van der Waals surface area (Å²) in [6.07, 6.45) is 0. The van der Waals surface area contributed by atoms with Gasteiger partial charge >= 0.3 is 0 Å². The third-order valence-corrected chi connectivity index (χ3v) is 8.99. The van der Waals surface area contributed by atoms with Crippen LogP contribution in [-0.2, 0) is 5.41 Å². The lowest BCUT2D eigenvalue weighted by atomic mass is 9.82. The average Bonchev–Trinajstić information content (AvgIpc) is 3.34. The molecule has 0 radical (unpaired) electrons. The SMILES string of the molecule is Cc1cccc(-c2cc(-c3ccc4c(c3)-c3ccccc3C4(C)C)cc(-c3nc(-c4ccccc4)nc(-c4ccccc4)n3)c2)n1. The van der Waals surface area contributed by atoms with E-state index in [1.807, 2.05) is 73.7 Å². The second-order valence-electron chi connectivity index (χ2n) is 12.4. The molecule has 0 atom stereocenters. The van der Waals surface area contributed by atoms with Crippen LogP contribution in [0.25, 0.3) is 67.7 Å². The van der Waals surface area contributed by atoms with Gasteiger partial charge in [0.25, 0.3) is 0 Å². The molecule has 8 rings (SSSR count). The first-order chi connectivity index (χ1) is 22.4. The monoisotopic (exact) mass is 592 g/mol. The van der Waals surface area contributed by atoms with Gasteiger partial charge in [0.05, 0.1) is 5.69 Å². The first-order valence-corrected chi connectivity index (χ1v) is 15.7. The molecule has 0 saturated carbocycles. The number of aromatic nitrogens is 4. The molecular weight excluding hydrogens is 560 g/mol. The van der Waals surface area contributed by atoms with E-state index in [4.69, 9.17) is 19.9 Å². The first kappa shape index (κ1) is 27.8. The summed E-state index contributed by atoms with van der Waals surface area (Å²) in [6, 6.07) is 48.6. The Morgan fingerprint density at radius 2 is 0.957 bits per heavy atom. The highest BCUT2D eigenvalue weighted by Gasteiger charge is 2.35. The molecule has 46 heavy (non-hydrogen) atoms. The smallest absolute Gasteiger partial charge is 0.164 e. The molecule has 4 heteroatoms. The molecule has 5 aromatic carbocycles. The highest BCUT2D eigenvalue weighted by atomic mass is 15.0. The Hall–Kier alpha value is -5.74. The lowest BCUT2D eigenvalue weighted by molar-refractivity contribution is 0.660. The van der Waals surface area contributed by atoms with Gasteiger partial charge in [-0.3, -0.25) is 4.98 Å². The standard InChI is InChI=1S/C42H32N4/c1-27-13-12-20-38(43-27)32-23-31(30-21-22-37-35(26-30)34-18-10-11-19-36(34)42(37,2)3)24-33(25-32)41-45-39(28-14-6-4-7-15-28)44-40(46-41)29-16-8-5-9-17-29/h4-26H,1-3H3. The van der Waals surface area contributed by atoms with E-state index in [9.17, 15) is 0 Å². The van der Waals surface area contributed by atoms with Gasteiger partial charge in [-0.05, 0) is 76.7 Å². The van der Waals surface area contributed by atoms with Crippen LogP contribution in [0.2, 0.25) is 0 Å². The number of pyridine rings is 1. The quantitative estimate of drug-likeness (QED) is 0.200. The molecule has 2 heterocycles. The molecule has 0 bridgehead atoms. The molecule has 2 aromatic heterocycles. The van der Waals surface area contributed by atoms with Crippen LogP contribution in [0.1, 0.15) is 30.7 Å². The number of nitrogens with zero attached hydrogens (tertiary/aromatic N) is 4. The summed E-state index contributed by atoms with van der Waals surface area (Å²) in [5.41, 5.74) is 13.2. The van der Waals surface area contributed by atoms with Gasteiger partial charge in [0.1, 0.15) is 0 Å². The predicted octanol–water partition coefficient (Wildman–Crippen LogP) is 10.2. The highest BCUT2D eigenvalue weighted by Crippen LogP contribution is 2.49. The minimum absolute atomic E-state index is 0.0461. The van der Waals surface area contributed by atoms with Crippen molar-refractivity contribution >= 4 is 0 Å². The second kappa shape index (κ2) is 11.0. The van der Waals surface area contributed by atoms with Crippen LogP contribution in [0.3, 0.4) is 0 Å². The van der Waals surface area contributed by atoms with Gasteiger partial charge in [0, 0.05) is 33.4 Å². The molecule has 0 fully saturated rings. The van der Waals surface area contributed by atoms with Crippen LogP contribution in [-0.4, -0.2) is 19.9 Å². The van der Waals surface area contributed by atoms with Gasteiger partial charge in [0.2, 0.25) is 0 Å². The molecule has 0 unspecified atom stereocenters. The Morgan fingerprint density at radius 1 is 0.391 bits per heavy atom. The van der Waals surface area contributed by atoms with Crippen LogP contribution in [0.4, 0.5) is 0 Å². The van der Waals surface area contributed by atoms with Crippen molar-refractivity contribution in [3.05, 3.63) is 156 Å². The van der Waals surface area contributed by atoms with Crippen LogP contribution in [0.15, 0.2) is 140 Å². The highest BCUT2D eigenvalue weighted by molar-refractivity contribution is 5.86. The van der Waals surface area contributed by atoms with Gasteiger partial charge < -0.3 is 0 Å². The van der Waals surface area contributed by atoms with Crippen molar-refractivity contribution in [3.63, 3.8) is 0 Å².